The number of hydrogen-bond donors (Lipinski definition) is 5. The Hall–Kier alpha value is -14.7. The van der Waals surface area contributed by atoms with Crippen LogP contribution in [0, 0.1) is 41.5 Å². The molecule has 9 heterocycles. The molecule has 3 aliphatic rings. The predicted octanol–water partition coefficient (Wildman–Crippen LogP) is 22.3. The van der Waals surface area contributed by atoms with Crippen LogP contribution in [0.5, 0.6) is 0 Å². The maximum absolute atomic E-state index is 13.7. The molecule has 0 bridgehead atoms. The Bertz CT molecular complexity index is 6360. The highest BCUT2D eigenvalue weighted by molar-refractivity contribution is 6.05. The molecule has 3 atom stereocenters. The predicted molar refractivity (Wildman–Crippen MR) is 514 cm³/mol. The van der Waals surface area contributed by atoms with Crippen molar-refractivity contribution < 1.29 is 82.9 Å². The number of aromatic carboxylic acids is 1. The summed E-state index contributed by atoms with van der Waals surface area (Å²) in [4.78, 5) is 120. The Kier molecular flexibility index (Phi) is 35.7. The number of carbonyl (C=O) groups excluding carboxylic acids is 5. The van der Waals surface area contributed by atoms with Crippen molar-refractivity contribution in [1.82, 2.24) is 73.3 Å². The third-order valence-electron chi connectivity index (χ3n) is 22.4. The number of benzene rings is 6. The van der Waals surface area contributed by atoms with E-state index in [1.807, 2.05) is 80.5 Å². The molecule has 12 aromatic rings. The molecule has 0 saturated carbocycles. The molecular weight excluding hydrogens is 1810 g/mol. The van der Waals surface area contributed by atoms with Crippen molar-refractivity contribution in [2.75, 3.05) is 61.0 Å². The summed E-state index contributed by atoms with van der Waals surface area (Å²) < 4.78 is 135. The fourth-order valence-electron chi connectivity index (χ4n) is 15.5. The van der Waals surface area contributed by atoms with Crippen LogP contribution < -0.4 is 21.7 Å². The normalized spacial score (nSPS) is 14.9. The van der Waals surface area contributed by atoms with Gasteiger partial charge < -0.3 is 64.7 Å². The van der Waals surface area contributed by atoms with Crippen molar-refractivity contribution in [2.24, 2.45) is 0 Å². The maximum Gasteiger partial charge on any atom is 0.416 e. The zero-order valence-corrected chi connectivity index (χ0v) is 77.1. The molecule has 0 aliphatic carbocycles. The molecule has 0 radical (unpaired) electrons. The van der Waals surface area contributed by atoms with Crippen molar-refractivity contribution in [1.29, 1.82) is 0 Å². The number of amides is 5. The molecule has 6 aromatic heterocycles. The van der Waals surface area contributed by atoms with Gasteiger partial charge in [-0.3, -0.25) is 14.4 Å². The monoisotopic (exact) mass is 1920 g/mol. The number of ether oxygens (including phenoxy) is 2. The zero-order valence-electron chi connectivity index (χ0n) is 77.1. The summed E-state index contributed by atoms with van der Waals surface area (Å²) in [5.41, 5.74) is 13.0. The third-order valence-corrected chi connectivity index (χ3v) is 22.4. The number of piperidine rings is 3. The number of hydrogen-bond acceptors (Lipinski definition) is 19. The average molecular weight is 1930 g/mol. The highest BCUT2D eigenvalue weighted by atomic mass is 19.4. The van der Waals surface area contributed by atoms with Gasteiger partial charge in [0.2, 0.25) is 11.9 Å². The van der Waals surface area contributed by atoms with Crippen LogP contribution in [0.1, 0.15) is 241 Å². The first-order valence-corrected chi connectivity index (χ1v) is 43.8. The molecule has 738 valence electrons. The number of nitrogen functional groups attached to an aromatic ring is 1. The minimum Gasteiger partial charge on any atom is -0.478 e. The summed E-state index contributed by atoms with van der Waals surface area (Å²) >= 11 is 0. The number of imidazole rings is 3. The van der Waals surface area contributed by atoms with Gasteiger partial charge in [-0.05, 0) is 265 Å². The lowest BCUT2D eigenvalue weighted by Crippen LogP contribution is -2.42. The van der Waals surface area contributed by atoms with E-state index < -0.39 is 64.2 Å². The van der Waals surface area contributed by atoms with E-state index in [9.17, 15) is 73.4 Å². The quantitative estimate of drug-likeness (QED) is 0.0303. The Morgan fingerprint density at radius 2 is 0.820 bits per heavy atom. The number of nitrogens with two attached hydrogens (primary N) is 1. The fourth-order valence-corrected chi connectivity index (χ4v) is 15.5. The lowest BCUT2D eigenvalue weighted by Gasteiger charge is -2.34. The first-order valence-electron chi connectivity index (χ1n) is 43.8. The summed E-state index contributed by atoms with van der Waals surface area (Å²) in [6.07, 6.45) is 7.25. The van der Waals surface area contributed by atoms with E-state index in [1.54, 1.807) is 127 Å². The third kappa shape index (κ3) is 30.2. The van der Waals surface area contributed by atoms with Crippen molar-refractivity contribution in [3.8, 4) is 17.1 Å². The molecule has 6 aromatic carbocycles. The standard InChI is InChI=1S/C34H37F3N6O3.C32H31F3N6O2.C22H28N4O4.C11H10F3N3.3CH4/c1-21-8-9-23(31(44)40-27-15-26(34(35,36)37)16-28(17-27)43-18-22(2)39-20-43)13-25(21)14-30-38-11-10-29(41-30)24-7-6-12-42(19-24)32(45)46-33(3,4)5;1-4-30(42)40-11-5-6-23(18-40)28-9-10-36-29(39-28)13-24-12-22(8-7-20(24)2)31(43)38-26-14-25(32(33,34)35)15-27(16-26)41-17-21(3)37-19-41;1-14-7-8-15(19(27)28)12-18(14)25-20-23-10-9-17(24-20)16-6-5-11-26(13-16)21(29)30-22(2,3)4;1-7-5-17(6-16-7)10-3-8(11(12,13)14)2-9(15)4-10;;;/h8-11,13,15-18,20,24H,6-7,12,14,19H2,1-5H3,(H,40,44);4,7-10,12,14-17,19,23H,1,5-6,11,13,18H2,2-3H3,(H,38,43);7-10,12,16H,5-6,11,13H2,1-4H3,(H,27,28)(H,23,24,25);2-6H,15H2,1H3;3*1H4. The van der Waals surface area contributed by atoms with Crippen LogP contribution in [0.2, 0.25) is 0 Å². The minimum atomic E-state index is -4.61. The van der Waals surface area contributed by atoms with Crippen LogP contribution in [0.4, 0.5) is 77.8 Å². The van der Waals surface area contributed by atoms with Crippen molar-refractivity contribution in [2.45, 2.75) is 204 Å². The number of aromatic nitrogens is 12. The number of carboxylic acid groups (broad SMARTS) is 1. The second-order valence-electron chi connectivity index (χ2n) is 35.6. The first kappa shape index (κ1) is 108. The van der Waals surface area contributed by atoms with Gasteiger partial charge in [0.15, 0.2) is 0 Å². The molecular formula is C102H118F9N19O9. The molecule has 28 nitrogen and oxygen atoms in total. The van der Waals surface area contributed by atoms with E-state index in [-0.39, 0.29) is 97.7 Å². The Labute approximate surface area is 802 Å². The Morgan fingerprint density at radius 3 is 1.20 bits per heavy atom. The van der Waals surface area contributed by atoms with Crippen LogP contribution in [0.3, 0.4) is 0 Å². The van der Waals surface area contributed by atoms with E-state index in [1.165, 1.54) is 57.0 Å². The molecule has 139 heavy (non-hydrogen) atoms. The molecule has 3 unspecified atom stereocenters. The van der Waals surface area contributed by atoms with Gasteiger partial charge in [-0.2, -0.15) is 39.5 Å². The Morgan fingerprint density at radius 1 is 0.453 bits per heavy atom. The van der Waals surface area contributed by atoms with Crippen molar-refractivity contribution in [3.05, 3.63) is 303 Å². The lowest BCUT2D eigenvalue weighted by molar-refractivity contribution is -0.138. The average Bonchev–Trinajstić information content (AvgIpc) is 1.79. The fraction of sp³-hybridized carbons (Fsp3) is 0.363. The van der Waals surface area contributed by atoms with Gasteiger partial charge in [-0.15, -0.1) is 0 Å². The maximum atomic E-state index is 13.7. The van der Waals surface area contributed by atoms with Crippen LogP contribution in [-0.2, 0) is 45.6 Å². The van der Waals surface area contributed by atoms with Crippen LogP contribution in [0.25, 0.3) is 17.1 Å². The number of carbonyl (C=O) groups is 6. The first-order chi connectivity index (χ1) is 64.1. The highest BCUT2D eigenvalue weighted by Gasteiger charge is 2.37. The van der Waals surface area contributed by atoms with Gasteiger partial charge >= 0.3 is 36.7 Å². The second kappa shape index (κ2) is 46.0. The van der Waals surface area contributed by atoms with Crippen molar-refractivity contribution in [3.63, 3.8) is 0 Å². The molecule has 15 rings (SSSR count). The number of nitrogens with one attached hydrogen (secondary N) is 3. The van der Waals surface area contributed by atoms with Crippen LogP contribution in [-0.4, -0.2) is 165 Å². The van der Waals surface area contributed by atoms with Gasteiger partial charge in [0.05, 0.1) is 64.0 Å². The van der Waals surface area contributed by atoms with E-state index in [0.29, 0.717) is 98.0 Å². The molecule has 3 saturated heterocycles. The number of rotatable bonds is 18. The van der Waals surface area contributed by atoms with Crippen LogP contribution in [0.15, 0.2) is 196 Å². The number of nitrogens with zero attached hydrogens (tertiary/aromatic N) is 15. The van der Waals surface area contributed by atoms with Gasteiger partial charge in [0, 0.05) is 169 Å². The highest BCUT2D eigenvalue weighted by Crippen LogP contribution is 2.39. The SMILES string of the molecule is C.C.C.C=CC(=O)N1CCCC(c2ccnc(Cc3cc(C(=O)Nc4cc(-n5cnc(C)c5)cc(C(F)(F)F)c4)ccc3C)n2)C1.Cc1ccc(C(=O)O)cc1Nc1nccc(C2CCCN(C(=O)OC(C)(C)C)C2)n1.Cc1cn(-c2cc(N)cc(C(F)(F)F)c2)cn1.Cc1cn(-c2cc(NC(=O)c3ccc(C)c(Cc4nccc(C5CCCN(C(=O)OC(C)(C)C)C5)n4)c3)cc(C(F)(F)F)c2)cn1. The summed E-state index contributed by atoms with van der Waals surface area (Å²) in [5, 5.41) is 17.6. The topological polar surface area (TPSA) is 344 Å². The summed E-state index contributed by atoms with van der Waals surface area (Å²) in [5.74, 6) is -0.446. The van der Waals surface area contributed by atoms with Crippen LogP contribution >= 0.6 is 0 Å². The molecule has 3 fully saturated rings. The van der Waals surface area contributed by atoms with Gasteiger partial charge in [-0.1, -0.05) is 47.1 Å². The van der Waals surface area contributed by atoms with E-state index in [4.69, 9.17) is 25.2 Å². The number of carboxylic acids is 1. The van der Waals surface area contributed by atoms with E-state index in [2.05, 4.69) is 57.4 Å². The second-order valence-corrected chi connectivity index (χ2v) is 35.6. The van der Waals surface area contributed by atoms with E-state index >= 15 is 0 Å². The summed E-state index contributed by atoms with van der Waals surface area (Å²) in [6, 6.07) is 30.9. The Balaban J connectivity index is 0.000000216. The number of halogens is 9. The largest absolute Gasteiger partial charge is 0.478 e. The van der Waals surface area contributed by atoms with Gasteiger partial charge in [-0.25, -0.2) is 59.2 Å². The molecule has 37 heteroatoms. The number of likely N-dealkylation sites (tertiary alicyclic amines) is 3. The van der Waals surface area contributed by atoms with E-state index in [0.717, 1.165) is 126 Å². The van der Waals surface area contributed by atoms with Crippen molar-refractivity contribution >= 4 is 64.6 Å². The number of aryl methyl sites for hydroxylation is 6. The molecule has 6 N–H and O–H groups in total. The lowest BCUT2D eigenvalue weighted by atomic mass is 9.94. The minimum absolute atomic E-state index is 0. The summed E-state index contributed by atoms with van der Waals surface area (Å²) in [7, 11) is 0. The molecule has 3 aliphatic heterocycles. The van der Waals surface area contributed by atoms with Gasteiger partial charge in [0.1, 0.15) is 22.9 Å². The summed E-state index contributed by atoms with van der Waals surface area (Å²) in [6.45, 7) is 29.2. The number of alkyl halides is 9. The zero-order chi connectivity index (χ0) is 98.5. The number of anilines is 5. The van der Waals surface area contributed by atoms with Gasteiger partial charge in [0.25, 0.3) is 11.8 Å². The smallest absolute Gasteiger partial charge is 0.416 e. The molecule has 0 spiro atoms. The molecule has 5 amide bonds.